The summed E-state index contributed by atoms with van der Waals surface area (Å²) >= 11 is 5.30. The molecule has 1 nitrogen and oxygen atoms in total. The van der Waals surface area contributed by atoms with Gasteiger partial charge in [0, 0.05) is 6.42 Å². The maximum atomic E-state index is 10.6. The van der Waals surface area contributed by atoms with Crippen molar-refractivity contribution in [3.05, 3.63) is 35.4 Å². The van der Waals surface area contributed by atoms with Gasteiger partial charge < -0.3 is 0 Å². The second kappa shape index (κ2) is 5.16. The smallest absolute Gasteiger partial charge is 0.226 e. The number of carbonyl (C=O) groups is 1. The fraction of sp³-hybridized carbons (Fsp3) is 0.417. The summed E-state index contributed by atoms with van der Waals surface area (Å²) in [6.07, 6.45) is 1.40. The molecule has 0 heterocycles. The molecule has 0 saturated carbocycles. The normalized spacial score (nSPS) is 10.6. The zero-order chi connectivity index (χ0) is 10.6. The number of carbonyl (C=O) groups excluding carboxylic acids is 1. The first kappa shape index (κ1) is 11.3. The van der Waals surface area contributed by atoms with Gasteiger partial charge in [-0.3, -0.25) is 4.79 Å². The largest absolute Gasteiger partial charge is 0.281 e. The summed E-state index contributed by atoms with van der Waals surface area (Å²) < 4.78 is 0. The fourth-order valence-electron chi connectivity index (χ4n) is 1.43. The van der Waals surface area contributed by atoms with Gasteiger partial charge in [-0.2, -0.15) is 0 Å². The molecule has 2 heteroatoms. The zero-order valence-electron chi connectivity index (χ0n) is 8.59. The van der Waals surface area contributed by atoms with E-state index in [1.165, 1.54) is 5.56 Å². The molecular formula is C12H15ClO. The van der Waals surface area contributed by atoms with E-state index in [0.717, 1.165) is 12.0 Å². The van der Waals surface area contributed by atoms with Gasteiger partial charge in [0.25, 0.3) is 0 Å². The lowest BCUT2D eigenvalue weighted by Crippen LogP contribution is -1.96. The van der Waals surface area contributed by atoms with Crippen LogP contribution in [0.2, 0.25) is 0 Å². The van der Waals surface area contributed by atoms with Gasteiger partial charge in [-0.1, -0.05) is 38.1 Å². The third-order valence-corrected chi connectivity index (χ3v) is 2.14. The van der Waals surface area contributed by atoms with Crippen molar-refractivity contribution in [1.29, 1.82) is 0 Å². The number of benzene rings is 1. The predicted molar refractivity (Wildman–Crippen MR) is 59.5 cm³/mol. The standard InChI is InChI=1S/C12H15ClO/c1-9(2)7-10-3-5-11(6-4-10)8-12(13)14/h3-6,9H,7-8H2,1-2H3. The fourth-order valence-corrected chi connectivity index (χ4v) is 1.58. The molecule has 0 saturated heterocycles. The molecule has 0 bridgehead atoms. The molecule has 0 unspecified atom stereocenters. The number of halogens is 1. The Bertz CT molecular complexity index is 301. The van der Waals surface area contributed by atoms with Crippen LogP contribution < -0.4 is 0 Å². The summed E-state index contributed by atoms with van der Waals surface area (Å²) in [5, 5.41) is -0.304. The highest BCUT2D eigenvalue weighted by Crippen LogP contribution is 2.10. The van der Waals surface area contributed by atoms with Crippen LogP contribution in [0.25, 0.3) is 0 Å². The molecule has 0 aliphatic carbocycles. The summed E-state index contributed by atoms with van der Waals surface area (Å²) in [6, 6.07) is 8.07. The Balaban J connectivity index is 2.63. The van der Waals surface area contributed by atoms with Gasteiger partial charge in [-0.25, -0.2) is 0 Å². The molecule has 0 aliphatic rings. The second-order valence-electron chi connectivity index (χ2n) is 3.95. The second-order valence-corrected chi connectivity index (χ2v) is 4.37. The van der Waals surface area contributed by atoms with E-state index in [4.69, 9.17) is 11.6 Å². The highest BCUT2D eigenvalue weighted by atomic mass is 35.5. The molecule has 0 atom stereocenters. The minimum absolute atomic E-state index is 0.304. The van der Waals surface area contributed by atoms with E-state index in [1.54, 1.807) is 0 Å². The van der Waals surface area contributed by atoms with Crippen LogP contribution in [0.5, 0.6) is 0 Å². The van der Waals surface area contributed by atoms with E-state index < -0.39 is 0 Å². The molecule has 0 N–H and O–H groups in total. The predicted octanol–water partition coefficient (Wildman–Crippen LogP) is 3.19. The first-order chi connectivity index (χ1) is 6.58. The van der Waals surface area contributed by atoms with Crippen molar-refractivity contribution in [1.82, 2.24) is 0 Å². The first-order valence-corrected chi connectivity index (χ1v) is 5.22. The van der Waals surface area contributed by atoms with Crippen molar-refractivity contribution >= 4 is 16.8 Å². The van der Waals surface area contributed by atoms with Crippen LogP contribution in [0.1, 0.15) is 25.0 Å². The van der Waals surface area contributed by atoms with Crippen LogP contribution in [0.3, 0.4) is 0 Å². The molecule has 0 spiro atoms. The molecule has 1 aromatic carbocycles. The van der Waals surface area contributed by atoms with E-state index in [9.17, 15) is 4.79 Å². The summed E-state index contributed by atoms with van der Waals surface area (Å²) in [5.74, 6) is 0.663. The molecule has 0 amide bonds. The van der Waals surface area contributed by atoms with Crippen LogP contribution in [0.4, 0.5) is 0 Å². The van der Waals surface area contributed by atoms with Crippen LogP contribution >= 0.6 is 11.6 Å². The van der Waals surface area contributed by atoms with E-state index >= 15 is 0 Å². The highest BCUT2D eigenvalue weighted by molar-refractivity contribution is 6.63. The molecule has 0 aromatic heterocycles. The van der Waals surface area contributed by atoms with Gasteiger partial charge in [0.2, 0.25) is 5.24 Å². The van der Waals surface area contributed by atoms with Gasteiger partial charge >= 0.3 is 0 Å². The molecule has 0 aliphatic heterocycles. The number of hydrogen-bond acceptors (Lipinski definition) is 1. The van der Waals surface area contributed by atoms with Gasteiger partial charge in [0.05, 0.1) is 0 Å². The lowest BCUT2D eigenvalue weighted by atomic mass is 10.0. The lowest BCUT2D eigenvalue weighted by Gasteiger charge is -2.05. The first-order valence-electron chi connectivity index (χ1n) is 4.84. The minimum Gasteiger partial charge on any atom is -0.281 e. The lowest BCUT2D eigenvalue weighted by molar-refractivity contribution is -0.111. The average Bonchev–Trinajstić information content (AvgIpc) is 2.06. The van der Waals surface area contributed by atoms with Gasteiger partial charge in [-0.05, 0) is 35.1 Å². The number of hydrogen-bond donors (Lipinski definition) is 0. The van der Waals surface area contributed by atoms with E-state index in [0.29, 0.717) is 12.3 Å². The third-order valence-electron chi connectivity index (χ3n) is 2.01. The van der Waals surface area contributed by atoms with Crippen molar-refractivity contribution in [3.8, 4) is 0 Å². The zero-order valence-corrected chi connectivity index (χ0v) is 9.34. The van der Waals surface area contributed by atoms with Crippen LogP contribution in [0, 0.1) is 5.92 Å². The quantitative estimate of drug-likeness (QED) is 0.698. The van der Waals surface area contributed by atoms with Gasteiger partial charge in [0.15, 0.2) is 0 Å². The molecule has 14 heavy (non-hydrogen) atoms. The Kier molecular flexibility index (Phi) is 4.15. The molecular weight excluding hydrogens is 196 g/mol. The third kappa shape index (κ3) is 3.93. The topological polar surface area (TPSA) is 17.1 Å². The van der Waals surface area contributed by atoms with Crippen molar-refractivity contribution in [2.24, 2.45) is 5.92 Å². The summed E-state index contributed by atoms with van der Waals surface area (Å²) in [7, 11) is 0. The Morgan fingerprint density at radius 1 is 1.21 bits per heavy atom. The van der Waals surface area contributed by atoms with Crippen LogP contribution in [-0.2, 0) is 17.6 Å². The molecule has 1 rings (SSSR count). The van der Waals surface area contributed by atoms with Crippen molar-refractivity contribution in [2.75, 3.05) is 0 Å². The van der Waals surface area contributed by atoms with Crippen LogP contribution in [-0.4, -0.2) is 5.24 Å². The van der Waals surface area contributed by atoms with Crippen LogP contribution in [0.15, 0.2) is 24.3 Å². The van der Waals surface area contributed by atoms with Crippen molar-refractivity contribution in [3.63, 3.8) is 0 Å². The average molecular weight is 211 g/mol. The van der Waals surface area contributed by atoms with Gasteiger partial charge in [0.1, 0.15) is 0 Å². The summed E-state index contributed by atoms with van der Waals surface area (Å²) in [4.78, 5) is 10.6. The SMILES string of the molecule is CC(C)Cc1ccc(CC(=O)Cl)cc1. The van der Waals surface area contributed by atoms with E-state index in [2.05, 4.69) is 26.0 Å². The Hall–Kier alpha value is -0.820. The summed E-state index contributed by atoms with van der Waals surface area (Å²) in [5.41, 5.74) is 2.29. The van der Waals surface area contributed by atoms with Crippen molar-refractivity contribution < 1.29 is 4.79 Å². The molecule has 1 aromatic rings. The monoisotopic (exact) mass is 210 g/mol. The highest BCUT2D eigenvalue weighted by Gasteiger charge is 2.00. The Labute approximate surface area is 90.1 Å². The molecule has 76 valence electrons. The number of rotatable bonds is 4. The molecule has 0 fully saturated rings. The van der Waals surface area contributed by atoms with Crippen molar-refractivity contribution in [2.45, 2.75) is 26.7 Å². The maximum absolute atomic E-state index is 10.6. The summed E-state index contributed by atoms with van der Waals surface area (Å²) in [6.45, 7) is 4.38. The molecule has 0 radical (unpaired) electrons. The maximum Gasteiger partial charge on any atom is 0.226 e. The van der Waals surface area contributed by atoms with Gasteiger partial charge in [-0.15, -0.1) is 0 Å². The van der Waals surface area contributed by atoms with E-state index in [1.807, 2.05) is 12.1 Å². The minimum atomic E-state index is -0.304. The Morgan fingerprint density at radius 2 is 1.71 bits per heavy atom. The Morgan fingerprint density at radius 3 is 2.14 bits per heavy atom. The van der Waals surface area contributed by atoms with E-state index in [-0.39, 0.29) is 5.24 Å².